The van der Waals surface area contributed by atoms with E-state index in [0.29, 0.717) is 28.4 Å². The SMILES string of the molecule is CCOC(=O)c1ccccc1NC(=O)C(CC)Oc1ccccc1Cl. The number of nitrogens with one attached hydrogen (secondary N) is 1. The van der Waals surface area contributed by atoms with Crippen molar-refractivity contribution in [2.45, 2.75) is 26.4 Å². The molecule has 1 amide bonds. The molecule has 0 saturated heterocycles. The summed E-state index contributed by atoms with van der Waals surface area (Å²) >= 11 is 6.07. The maximum atomic E-state index is 12.6. The first-order valence-corrected chi connectivity index (χ1v) is 8.42. The summed E-state index contributed by atoms with van der Waals surface area (Å²) in [7, 11) is 0. The van der Waals surface area contributed by atoms with Crippen molar-refractivity contribution >= 4 is 29.2 Å². The second-order valence-corrected chi connectivity index (χ2v) is 5.61. The first kappa shape index (κ1) is 18.8. The number of hydrogen-bond donors (Lipinski definition) is 1. The number of rotatable bonds is 7. The first-order valence-electron chi connectivity index (χ1n) is 8.05. The molecule has 0 spiro atoms. The number of halogens is 1. The third-order valence-electron chi connectivity index (χ3n) is 3.45. The Bertz CT molecular complexity index is 748. The van der Waals surface area contributed by atoms with E-state index in [2.05, 4.69) is 5.32 Å². The zero-order valence-electron chi connectivity index (χ0n) is 14.1. The van der Waals surface area contributed by atoms with Crippen LogP contribution in [0, 0.1) is 0 Å². The number of para-hydroxylation sites is 2. The highest BCUT2D eigenvalue weighted by molar-refractivity contribution is 6.32. The van der Waals surface area contributed by atoms with Crippen LogP contribution in [0.25, 0.3) is 0 Å². The van der Waals surface area contributed by atoms with Crippen LogP contribution in [0.3, 0.4) is 0 Å². The largest absolute Gasteiger partial charge is 0.479 e. The standard InChI is InChI=1S/C19H20ClNO4/c1-3-16(25-17-12-8-6-10-14(17)20)18(22)21-15-11-7-5-9-13(15)19(23)24-4-2/h5-12,16H,3-4H2,1-2H3,(H,21,22). The lowest BCUT2D eigenvalue weighted by molar-refractivity contribution is -0.122. The Morgan fingerprint density at radius 1 is 1.08 bits per heavy atom. The van der Waals surface area contributed by atoms with Gasteiger partial charge in [0, 0.05) is 0 Å². The summed E-state index contributed by atoms with van der Waals surface area (Å²) in [6, 6.07) is 13.6. The van der Waals surface area contributed by atoms with Crippen LogP contribution in [0.2, 0.25) is 5.02 Å². The predicted molar refractivity (Wildman–Crippen MR) is 97.2 cm³/mol. The summed E-state index contributed by atoms with van der Waals surface area (Å²) in [5, 5.41) is 3.16. The molecule has 0 radical (unpaired) electrons. The minimum Gasteiger partial charge on any atom is -0.479 e. The van der Waals surface area contributed by atoms with Crippen LogP contribution >= 0.6 is 11.6 Å². The number of carbonyl (C=O) groups excluding carboxylic acids is 2. The van der Waals surface area contributed by atoms with Gasteiger partial charge in [0.05, 0.1) is 22.9 Å². The number of hydrogen-bond acceptors (Lipinski definition) is 4. The molecule has 0 bridgehead atoms. The lowest BCUT2D eigenvalue weighted by atomic mass is 10.1. The lowest BCUT2D eigenvalue weighted by Crippen LogP contribution is -2.33. The second kappa shape index (κ2) is 9.08. The number of carbonyl (C=O) groups is 2. The Hall–Kier alpha value is -2.53. The minimum atomic E-state index is -0.741. The summed E-state index contributed by atoms with van der Waals surface area (Å²) in [6.07, 6.45) is -0.298. The maximum Gasteiger partial charge on any atom is 0.340 e. The predicted octanol–water partition coefficient (Wildman–Crippen LogP) is 4.31. The van der Waals surface area contributed by atoms with E-state index in [4.69, 9.17) is 21.1 Å². The summed E-state index contributed by atoms with van der Waals surface area (Å²) in [6.45, 7) is 3.82. The van der Waals surface area contributed by atoms with Crippen molar-refractivity contribution in [3.8, 4) is 5.75 Å². The monoisotopic (exact) mass is 361 g/mol. The summed E-state index contributed by atoms with van der Waals surface area (Å²) in [5.41, 5.74) is 0.678. The molecule has 1 unspecified atom stereocenters. The highest BCUT2D eigenvalue weighted by atomic mass is 35.5. The molecular formula is C19H20ClNO4. The topological polar surface area (TPSA) is 64.6 Å². The van der Waals surface area contributed by atoms with Gasteiger partial charge in [-0.2, -0.15) is 0 Å². The van der Waals surface area contributed by atoms with Crippen molar-refractivity contribution in [2.75, 3.05) is 11.9 Å². The highest BCUT2D eigenvalue weighted by Crippen LogP contribution is 2.25. The second-order valence-electron chi connectivity index (χ2n) is 5.20. The Labute approximate surface area is 151 Å². The molecule has 0 aliphatic carbocycles. The van der Waals surface area contributed by atoms with Crippen molar-refractivity contribution in [3.05, 3.63) is 59.1 Å². The number of anilines is 1. The normalized spacial score (nSPS) is 11.5. The number of benzene rings is 2. The molecule has 0 aliphatic heterocycles. The highest BCUT2D eigenvalue weighted by Gasteiger charge is 2.22. The Morgan fingerprint density at radius 2 is 1.76 bits per heavy atom. The summed E-state index contributed by atoms with van der Waals surface area (Å²) < 4.78 is 10.7. The average molecular weight is 362 g/mol. The molecule has 25 heavy (non-hydrogen) atoms. The number of amides is 1. The van der Waals surface area contributed by atoms with Crippen LogP contribution in [0.15, 0.2) is 48.5 Å². The van der Waals surface area contributed by atoms with E-state index in [1.54, 1.807) is 55.5 Å². The quantitative estimate of drug-likeness (QED) is 0.746. The van der Waals surface area contributed by atoms with Crippen molar-refractivity contribution in [2.24, 2.45) is 0 Å². The third-order valence-corrected chi connectivity index (χ3v) is 3.76. The van der Waals surface area contributed by atoms with Gasteiger partial charge in [0.2, 0.25) is 0 Å². The van der Waals surface area contributed by atoms with Gasteiger partial charge in [0.15, 0.2) is 6.10 Å². The van der Waals surface area contributed by atoms with Gasteiger partial charge < -0.3 is 14.8 Å². The van der Waals surface area contributed by atoms with Crippen molar-refractivity contribution in [1.82, 2.24) is 0 Å². The molecule has 1 atom stereocenters. The van der Waals surface area contributed by atoms with Gasteiger partial charge in [-0.25, -0.2) is 4.79 Å². The lowest BCUT2D eigenvalue weighted by Gasteiger charge is -2.19. The molecule has 0 aromatic heterocycles. The maximum absolute atomic E-state index is 12.6. The molecule has 0 heterocycles. The van der Waals surface area contributed by atoms with E-state index in [1.165, 1.54) is 0 Å². The van der Waals surface area contributed by atoms with Gasteiger partial charge in [0.1, 0.15) is 5.75 Å². The fraction of sp³-hybridized carbons (Fsp3) is 0.263. The molecule has 5 nitrogen and oxygen atoms in total. The van der Waals surface area contributed by atoms with Crippen molar-refractivity contribution in [3.63, 3.8) is 0 Å². The van der Waals surface area contributed by atoms with Crippen LogP contribution in [0.5, 0.6) is 5.75 Å². The van der Waals surface area contributed by atoms with E-state index in [1.807, 2.05) is 6.92 Å². The molecule has 6 heteroatoms. The molecule has 0 saturated carbocycles. The Kier molecular flexibility index (Phi) is 6.83. The number of esters is 1. The van der Waals surface area contributed by atoms with Crippen LogP contribution in [0.4, 0.5) is 5.69 Å². The minimum absolute atomic E-state index is 0.258. The van der Waals surface area contributed by atoms with Gasteiger partial charge >= 0.3 is 5.97 Å². The first-order chi connectivity index (χ1) is 12.1. The van der Waals surface area contributed by atoms with Gasteiger partial charge in [0.25, 0.3) is 5.91 Å². The van der Waals surface area contributed by atoms with Gasteiger partial charge in [-0.15, -0.1) is 0 Å². The van der Waals surface area contributed by atoms with E-state index in [0.717, 1.165) is 0 Å². The molecule has 2 aromatic carbocycles. The fourth-order valence-electron chi connectivity index (χ4n) is 2.21. The van der Waals surface area contributed by atoms with Crippen LogP contribution in [-0.2, 0) is 9.53 Å². The number of ether oxygens (including phenoxy) is 2. The molecule has 0 aliphatic rings. The molecule has 0 fully saturated rings. The Morgan fingerprint density at radius 3 is 2.44 bits per heavy atom. The smallest absolute Gasteiger partial charge is 0.340 e. The average Bonchev–Trinajstić information content (AvgIpc) is 2.61. The molecule has 132 valence electrons. The van der Waals surface area contributed by atoms with E-state index >= 15 is 0 Å². The zero-order chi connectivity index (χ0) is 18.2. The van der Waals surface area contributed by atoms with Crippen LogP contribution < -0.4 is 10.1 Å². The van der Waals surface area contributed by atoms with E-state index < -0.39 is 12.1 Å². The van der Waals surface area contributed by atoms with Gasteiger partial charge in [-0.1, -0.05) is 42.8 Å². The molecular weight excluding hydrogens is 342 g/mol. The van der Waals surface area contributed by atoms with Crippen molar-refractivity contribution < 1.29 is 19.1 Å². The van der Waals surface area contributed by atoms with E-state index in [9.17, 15) is 9.59 Å². The zero-order valence-corrected chi connectivity index (χ0v) is 14.9. The van der Waals surface area contributed by atoms with Gasteiger partial charge in [-0.05, 0) is 37.6 Å². The van der Waals surface area contributed by atoms with Crippen LogP contribution in [0.1, 0.15) is 30.6 Å². The third kappa shape index (κ3) is 4.97. The van der Waals surface area contributed by atoms with Crippen molar-refractivity contribution in [1.29, 1.82) is 0 Å². The fourth-order valence-corrected chi connectivity index (χ4v) is 2.39. The molecule has 2 aromatic rings. The summed E-state index contributed by atoms with van der Waals surface area (Å²) in [5.74, 6) is -0.414. The summed E-state index contributed by atoms with van der Waals surface area (Å²) in [4.78, 5) is 24.6. The Balaban J connectivity index is 2.15. The molecule has 1 N–H and O–H groups in total. The molecule has 2 rings (SSSR count). The van der Waals surface area contributed by atoms with Gasteiger partial charge in [-0.3, -0.25) is 4.79 Å². The van der Waals surface area contributed by atoms with E-state index in [-0.39, 0.29) is 12.5 Å². The van der Waals surface area contributed by atoms with Crippen LogP contribution in [-0.4, -0.2) is 24.6 Å².